The maximum absolute atomic E-state index is 13.3. The van der Waals surface area contributed by atoms with E-state index in [-0.39, 0.29) is 16.4 Å². The number of hydrogen-bond acceptors (Lipinski definition) is 4. The molecular weight excluding hydrogens is 376 g/mol. The molecule has 0 aromatic heterocycles. The fourth-order valence-electron chi connectivity index (χ4n) is 3.11. The zero-order valence-corrected chi connectivity index (χ0v) is 17.9. The molecule has 0 aliphatic carbocycles. The Morgan fingerprint density at radius 1 is 1.00 bits per heavy atom. The van der Waals surface area contributed by atoms with Crippen LogP contribution in [0.3, 0.4) is 0 Å². The highest BCUT2D eigenvalue weighted by atomic mass is 32.2. The van der Waals surface area contributed by atoms with Gasteiger partial charge in [-0.3, -0.25) is 4.79 Å². The molecule has 0 atom stereocenters. The van der Waals surface area contributed by atoms with Crippen molar-refractivity contribution in [3.8, 4) is 5.75 Å². The summed E-state index contributed by atoms with van der Waals surface area (Å²) in [5.74, 6) is 0.0381. The normalized spacial score (nSPS) is 11.5. The number of hydrogen-bond donors (Lipinski definition) is 0. The molecule has 1 amide bonds. The lowest BCUT2D eigenvalue weighted by Gasteiger charge is -2.24. The van der Waals surface area contributed by atoms with Crippen LogP contribution in [0.4, 0.5) is 5.69 Å². The highest BCUT2D eigenvalue weighted by molar-refractivity contribution is 7.89. The van der Waals surface area contributed by atoms with Crippen LogP contribution >= 0.6 is 0 Å². The largest absolute Gasteiger partial charge is 0.496 e. The van der Waals surface area contributed by atoms with Crippen LogP contribution < -0.4 is 9.64 Å². The third-order valence-electron chi connectivity index (χ3n) is 4.62. The molecule has 0 aliphatic heterocycles. The van der Waals surface area contributed by atoms with Crippen molar-refractivity contribution in [3.63, 3.8) is 0 Å². The van der Waals surface area contributed by atoms with E-state index < -0.39 is 10.0 Å². The summed E-state index contributed by atoms with van der Waals surface area (Å²) in [6.07, 6.45) is 0. The second kappa shape index (κ2) is 9.21. The van der Waals surface area contributed by atoms with Gasteiger partial charge in [0.2, 0.25) is 10.0 Å². The third-order valence-corrected chi connectivity index (χ3v) is 6.67. The second-order valence-electron chi connectivity index (χ2n) is 6.34. The standard InChI is InChI=1S/C21H28N2O4S/c1-6-22(7-2)28(25,26)18-12-13-20(27-5)19(15-18)21(24)23(8-3)17-11-9-10-16(4)14-17/h9-15H,6-8H2,1-5H3. The lowest BCUT2D eigenvalue weighted by molar-refractivity contribution is 0.0985. The zero-order valence-electron chi connectivity index (χ0n) is 17.1. The molecule has 0 heterocycles. The summed E-state index contributed by atoms with van der Waals surface area (Å²) in [5, 5.41) is 0. The molecule has 6 nitrogen and oxygen atoms in total. The van der Waals surface area contributed by atoms with Crippen molar-refractivity contribution in [2.75, 3.05) is 31.6 Å². The minimum Gasteiger partial charge on any atom is -0.496 e. The van der Waals surface area contributed by atoms with Gasteiger partial charge in [-0.25, -0.2) is 8.42 Å². The molecule has 152 valence electrons. The van der Waals surface area contributed by atoms with E-state index in [9.17, 15) is 13.2 Å². The number of sulfonamides is 1. The Morgan fingerprint density at radius 3 is 2.21 bits per heavy atom. The van der Waals surface area contributed by atoms with Gasteiger partial charge >= 0.3 is 0 Å². The molecule has 0 spiro atoms. The molecular formula is C21H28N2O4S. The Balaban J connectivity index is 2.55. The minimum atomic E-state index is -3.68. The molecule has 0 radical (unpaired) electrons. The summed E-state index contributed by atoms with van der Waals surface area (Å²) in [7, 11) is -2.21. The number of amides is 1. The summed E-state index contributed by atoms with van der Waals surface area (Å²) in [5.41, 5.74) is 2.01. The Morgan fingerprint density at radius 2 is 1.68 bits per heavy atom. The van der Waals surface area contributed by atoms with Crippen molar-refractivity contribution in [2.24, 2.45) is 0 Å². The summed E-state index contributed by atoms with van der Waals surface area (Å²) >= 11 is 0. The van der Waals surface area contributed by atoms with Crippen LogP contribution in [0, 0.1) is 6.92 Å². The van der Waals surface area contributed by atoms with E-state index in [2.05, 4.69) is 0 Å². The molecule has 0 saturated heterocycles. The smallest absolute Gasteiger partial charge is 0.262 e. The zero-order chi connectivity index (χ0) is 20.9. The first-order chi connectivity index (χ1) is 13.3. The maximum Gasteiger partial charge on any atom is 0.262 e. The highest BCUT2D eigenvalue weighted by Crippen LogP contribution is 2.28. The second-order valence-corrected chi connectivity index (χ2v) is 8.28. The first-order valence-corrected chi connectivity index (χ1v) is 10.8. The summed E-state index contributed by atoms with van der Waals surface area (Å²) in [6, 6.07) is 12.0. The Kier molecular flexibility index (Phi) is 7.21. The van der Waals surface area contributed by atoms with Crippen LogP contribution in [0.25, 0.3) is 0 Å². The van der Waals surface area contributed by atoms with Gasteiger partial charge in [-0.05, 0) is 49.7 Å². The number of nitrogens with zero attached hydrogens (tertiary/aromatic N) is 2. The van der Waals surface area contributed by atoms with E-state index in [1.807, 2.05) is 38.1 Å². The number of rotatable bonds is 8. The highest BCUT2D eigenvalue weighted by Gasteiger charge is 2.26. The molecule has 0 fully saturated rings. The van der Waals surface area contributed by atoms with E-state index in [4.69, 9.17) is 4.74 Å². The van der Waals surface area contributed by atoms with E-state index >= 15 is 0 Å². The first-order valence-electron chi connectivity index (χ1n) is 9.36. The van der Waals surface area contributed by atoms with Crippen molar-refractivity contribution in [1.29, 1.82) is 0 Å². The molecule has 2 aromatic rings. The molecule has 0 N–H and O–H groups in total. The monoisotopic (exact) mass is 404 g/mol. The maximum atomic E-state index is 13.3. The first kappa shape index (κ1) is 21.9. The number of methoxy groups -OCH3 is 1. The van der Waals surface area contributed by atoms with Crippen LogP contribution in [0.2, 0.25) is 0 Å². The molecule has 0 aliphatic rings. The number of ether oxygens (including phenoxy) is 1. The molecule has 28 heavy (non-hydrogen) atoms. The van der Waals surface area contributed by atoms with Crippen molar-refractivity contribution < 1.29 is 17.9 Å². The third kappa shape index (κ3) is 4.36. The molecule has 2 aromatic carbocycles. The topological polar surface area (TPSA) is 66.9 Å². The lowest BCUT2D eigenvalue weighted by atomic mass is 10.1. The predicted molar refractivity (Wildman–Crippen MR) is 112 cm³/mol. The van der Waals surface area contributed by atoms with Gasteiger partial charge in [0.25, 0.3) is 5.91 Å². The van der Waals surface area contributed by atoms with E-state index in [0.29, 0.717) is 25.4 Å². The number of carbonyl (C=O) groups is 1. The van der Waals surface area contributed by atoms with Gasteiger partial charge in [0.15, 0.2) is 0 Å². The van der Waals surface area contributed by atoms with Crippen LogP contribution in [0.5, 0.6) is 5.75 Å². The van der Waals surface area contributed by atoms with Gasteiger partial charge in [-0.15, -0.1) is 0 Å². The van der Waals surface area contributed by atoms with Gasteiger partial charge < -0.3 is 9.64 Å². The SMILES string of the molecule is CCN(C(=O)c1cc(S(=O)(=O)N(CC)CC)ccc1OC)c1cccc(C)c1. The predicted octanol–water partition coefficient (Wildman–Crippen LogP) is 3.70. The van der Waals surface area contributed by atoms with Crippen molar-refractivity contribution in [1.82, 2.24) is 4.31 Å². The Labute approximate surface area is 167 Å². The average Bonchev–Trinajstić information content (AvgIpc) is 2.68. The number of carbonyl (C=O) groups excluding carboxylic acids is 1. The van der Waals surface area contributed by atoms with Crippen molar-refractivity contribution >= 4 is 21.6 Å². The molecule has 7 heteroatoms. The Hall–Kier alpha value is -2.38. The van der Waals surface area contributed by atoms with Crippen molar-refractivity contribution in [3.05, 3.63) is 53.6 Å². The summed E-state index contributed by atoms with van der Waals surface area (Å²) in [6.45, 7) is 8.57. The fourth-order valence-corrected chi connectivity index (χ4v) is 4.60. The molecule has 2 rings (SSSR count). The van der Waals surface area contributed by atoms with Crippen LogP contribution in [-0.4, -0.2) is 45.4 Å². The number of benzene rings is 2. The van der Waals surface area contributed by atoms with Gasteiger partial charge in [-0.2, -0.15) is 4.31 Å². The number of anilines is 1. The van der Waals surface area contributed by atoms with E-state index in [0.717, 1.165) is 11.3 Å². The number of aryl methyl sites for hydroxylation is 1. The van der Waals surface area contributed by atoms with Crippen LogP contribution in [0.15, 0.2) is 47.4 Å². The Bertz CT molecular complexity index is 937. The molecule has 0 saturated carbocycles. The fraction of sp³-hybridized carbons (Fsp3) is 0.381. The van der Waals surface area contributed by atoms with E-state index in [1.54, 1.807) is 18.7 Å². The molecule has 0 bridgehead atoms. The van der Waals surface area contributed by atoms with Gasteiger partial charge in [0.05, 0.1) is 17.6 Å². The van der Waals surface area contributed by atoms with Gasteiger partial charge in [-0.1, -0.05) is 26.0 Å². The van der Waals surface area contributed by atoms with Gasteiger partial charge in [0, 0.05) is 25.3 Å². The summed E-state index contributed by atoms with van der Waals surface area (Å²) < 4.78 is 32.5. The van der Waals surface area contributed by atoms with Gasteiger partial charge in [0.1, 0.15) is 5.75 Å². The van der Waals surface area contributed by atoms with Crippen LogP contribution in [-0.2, 0) is 10.0 Å². The van der Waals surface area contributed by atoms with E-state index in [1.165, 1.54) is 29.6 Å². The van der Waals surface area contributed by atoms with Crippen LogP contribution in [0.1, 0.15) is 36.7 Å². The quantitative estimate of drug-likeness (QED) is 0.673. The average molecular weight is 405 g/mol. The summed E-state index contributed by atoms with van der Waals surface area (Å²) in [4.78, 5) is 15.0. The molecule has 0 unspecified atom stereocenters. The van der Waals surface area contributed by atoms with Crippen molar-refractivity contribution in [2.45, 2.75) is 32.6 Å². The lowest BCUT2D eigenvalue weighted by Crippen LogP contribution is -2.32. The minimum absolute atomic E-state index is 0.0839.